The van der Waals surface area contributed by atoms with Gasteiger partial charge in [-0.3, -0.25) is 9.20 Å². The van der Waals surface area contributed by atoms with Crippen LogP contribution in [0.3, 0.4) is 0 Å². The van der Waals surface area contributed by atoms with E-state index in [9.17, 15) is 14.0 Å². The summed E-state index contributed by atoms with van der Waals surface area (Å²) >= 11 is 0. The number of amides is 3. The summed E-state index contributed by atoms with van der Waals surface area (Å²) in [5, 5.41) is 2.81. The minimum Gasteiger partial charge on any atom is -0.336 e. The first kappa shape index (κ1) is 15.9. The third-order valence-corrected chi connectivity index (χ3v) is 5.04. The fourth-order valence-electron chi connectivity index (χ4n) is 3.60. The summed E-state index contributed by atoms with van der Waals surface area (Å²) in [5.41, 5.74) is 0.306. The first-order chi connectivity index (χ1) is 12.1. The molecule has 2 aliphatic rings. The maximum Gasteiger partial charge on any atom is 0.317 e. The first-order valence-electron chi connectivity index (χ1n) is 8.57. The molecule has 2 aromatic heterocycles. The molecule has 7 nitrogen and oxygen atoms in total. The van der Waals surface area contributed by atoms with E-state index in [-0.39, 0.29) is 17.8 Å². The van der Waals surface area contributed by atoms with E-state index in [1.54, 1.807) is 17.2 Å². The highest BCUT2D eigenvalue weighted by molar-refractivity contribution is 5.92. The predicted molar refractivity (Wildman–Crippen MR) is 88.7 cm³/mol. The average molecular weight is 345 g/mol. The number of pyridine rings is 1. The van der Waals surface area contributed by atoms with E-state index in [4.69, 9.17) is 0 Å². The quantitative estimate of drug-likeness (QED) is 0.913. The van der Waals surface area contributed by atoms with Crippen molar-refractivity contribution in [3.05, 3.63) is 36.2 Å². The maximum atomic E-state index is 13.8. The average Bonchev–Trinajstić information content (AvgIpc) is 3.23. The van der Waals surface area contributed by atoms with Crippen molar-refractivity contribution in [1.29, 1.82) is 0 Å². The molecule has 2 aliphatic heterocycles. The Morgan fingerprint density at radius 3 is 2.84 bits per heavy atom. The van der Waals surface area contributed by atoms with Gasteiger partial charge in [-0.25, -0.2) is 14.2 Å². The van der Waals surface area contributed by atoms with Gasteiger partial charge in [-0.2, -0.15) is 0 Å². The lowest BCUT2D eigenvalue weighted by atomic mass is 9.96. The van der Waals surface area contributed by atoms with Crippen LogP contribution in [0.4, 0.5) is 9.18 Å². The number of likely N-dealkylation sites (tertiary alicyclic amines) is 1. The van der Waals surface area contributed by atoms with Crippen LogP contribution in [0.15, 0.2) is 24.5 Å². The normalized spacial score (nSPS) is 18.8. The van der Waals surface area contributed by atoms with Crippen molar-refractivity contribution in [3.8, 4) is 0 Å². The number of carbonyl (C=O) groups is 2. The van der Waals surface area contributed by atoms with Crippen LogP contribution in [0.5, 0.6) is 0 Å². The molecule has 4 rings (SSSR count). The van der Waals surface area contributed by atoms with Gasteiger partial charge in [0.05, 0.1) is 6.20 Å². The van der Waals surface area contributed by atoms with Crippen LogP contribution in [0.1, 0.15) is 23.5 Å². The molecule has 25 heavy (non-hydrogen) atoms. The molecule has 0 saturated carbocycles. The number of hydrogen-bond donors (Lipinski definition) is 1. The third kappa shape index (κ3) is 2.92. The van der Waals surface area contributed by atoms with Crippen LogP contribution in [0, 0.1) is 11.7 Å². The van der Waals surface area contributed by atoms with Crippen LogP contribution in [-0.4, -0.2) is 63.8 Å². The number of carbonyl (C=O) groups excluding carboxylic acids is 2. The van der Waals surface area contributed by atoms with Crippen molar-refractivity contribution in [3.63, 3.8) is 0 Å². The number of aromatic nitrogens is 2. The highest BCUT2D eigenvalue weighted by Gasteiger charge is 2.29. The summed E-state index contributed by atoms with van der Waals surface area (Å²) in [5.74, 6) is 0.0776. The Hall–Kier alpha value is -2.64. The van der Waals surface area contributed by atoms with Crippen molar-refractivity contribution in [2.75, 3.05) is 32.7 Å². The minimum atomic E-state index is -0.392. The monoisotopic (exact) mass is 345 g/mol. The van der Waals surface area contributed by atoms with E-state index >= 15 is 0 Å². The number of imidazole rings is 1. The van der Waals surface area contributed by atoms with Gasteiger partial charge in [0.1, 0.15) is 11.3 Å². The van der Waals surface area contributed by atoms with Crippen LogP contribution in [0.25, 0.3) is 5.52 Å². The Balaban J connectivity index is 1.41. The molecule has 0 bridgehead atoms. The molecule has 0 aromatic carbocycles. The SMILES string of the molecule is O=C1NCCN1CC1CCN(C(=O)c2ncc3c(F)cccn23)CC1. The fraction of sp³-hybridized carbons (Fsp3) is 0.471. The number of nitrogens with one attached hydrogen (secondary N) is 1. The molecule has 2 saturated heterocycles. The van der Waals surface area contributed by atoms with E-state index in [1.165, 1.54) is 16.7 Å². The standard InChI is InChI=1S/C17H20FN5O2/c18-13-2-1-6-23-14(13)10-20-15(23)16(24)21-7-3-12(4-8-21)11-22-9-5-19-17(22)25/h1-2,6,10,12H,3-5,7-9,11H2,(H,19,25). The Morgan fingerprint density at radius 1 is 1.32 bits per heavy atom. The summed E-state index contributed by atoms with van der Waals surface area (Å²) in [4.78, 5) is 32.1. The zero-order valence-corrected chi connectivity index (χ0v) is 13.8. The van der Waals surface area contributed by atoms with Gasteiger partial charge in [0.25, 0.3) is 5.91 Å². The Bertz CT molecular complexity index is 812. The molecule has 2 fully saturated rings. The van der Waals surface area contributed by atoms with Gasteiger partial charge in [0, 0.05) is 38.9 Å². The number of fused-ring (bicyclic) bond motifs is 1. The van der Waals surface area contributed by atoms with Gasteiger partial charge >= 0.3 is 6.03 Å². The zero-order chi connectivity index (χ0) is 17.4. The van der Waals surface area contributed by atoms with Crippen molar-refractivity contribution in [2.45, 2.75) is 12.8 Å². The largest absolute Gasteiger partial charge is 0.336 e. The van der Waals surface area contributed by atoms with Gasteiger partial charge in [0.2, 0.25) is 5.82 Å². The lowest BCUT2D eigenvalue weighted by Crippen LogP contribution is -2.42. The molecule has 4 heterocycles. The van der Waals surface area contributed by atoms with Gasteiger partial charge in [-0.1, -0.05) is 0 Å². The van der Waals surface area contributed by atoms with Gasteiger partial charge in [-0.15, -0.1) is 0 Å². The number of urea groups is 1. The van der Waals surface area contributed by atoms with Crippen LogP contribution in [-0.2, 0) is 0 Å². The van der Waals surface area contributed by atoms with Crippen LogP contribution in [0.2, 0.25) is 0 Å². The number of nitrogens with zero attached hydrogens (tertiary/aromatic N) is 4. The Kier molecular flexibility index (Phi) is 4.03. The molecular weight excluding hydrogens is 325 g/mol. The lowest BCUT2D eigenvalue weighted by Gasteiger charge is -2.33. The van der Waals surface area contributed by atoms with Crippen molar-refractivity contribution in [1.82, 2.24) is 24.5 Å². The molecule has 0 spiro atoms. The van der Waals surface area contributed by atoms with E-state index in [1.807, 2.05) is 4.90 Å². The molecule has 8 heteroatoms. The molecule has 0 radical (unpaired) electrons. The van der Waals surface area contributed by atoms with E-state index < -0.39 is 5.82 Å². The second-order valence-electron chi connectivity index (χ2n) is 6.61. The fourth-order valence-corrected chi connectivity index (χ4v) is 3.60. The highest BCUT2D eigenvalue weighted by atomic mass is 19.1. The summed E-state index contributed by atoms with van der Waals surface area (Å²) in [6.07, 6.45) is 4.75. The molecule has 132 valence electrons. The summed E-state index contributed by atoms with van der Waals surface area (Å²) in [6, 6.07) is 2.92. The van der Waals surface area contributed by atoms with Crippen molar-refractivity contribution < 1.29 is 14.0 Å². The number of halogens is 1. The number of piperidine rings is 1. The topological polar surface area (TPSA) is 70.0 Å². The van der Waals surface area contributed by atoms with Crippen molar-refractivity contribution >= 4 is 17.5 Å². The lowest BCUT2D eigenvalue weighted by molar-refractivity contribution is 0.0664. The summed E-state index contributed by atoms with van der Waals surface area (Å²) < 4.78 is 15.3. The van der Waals surface area contributed by atoms with Gasteiger partial charge in [0.15, 0.2) is 0 Å². The second-order valence-corrected chi connectivity index (χ2v) is 6.61. The molecule has 1 N–H and O–H groups in total. The Labute approximate surface area is 144 Å². The van der Waals surface area contributed by atoms with E-state index in [0.717, 1.165) is 25.9 Å². The van der Waals surface area contributed by atoms with Gasteiger partial charge < -0.3 is 15.1 Å². The van der Waals surface area contributed by atoms with Gasteiger partial charge in [-0.05, 0) is 30.9 Å². The predicted octanol–water partition coefficient (Wildman–Crippen LogP) is 1.35. The van der Waals surface area contributed by atoms with Crippen molar-refractivity contribution in [2.24, 2.45) is 5.92 Å². The second kappa shape index (κ2) is 6.34. The van der Waals surface area contributed by atoms with E-state index in [2.05, 4.69) is 10.3 Å². The van der Waals surface area contributed by atoms with Crippen LogP contribution >= 0.6 is 0 Å². The minimum absolute atomic E-state index is 0.00406. The number of hydrogen-bond acceptors (Lipinski definition) is 3. The molecular formula is C17H20FN5O2. The maximum absolute atomic E-state index is 13.8. The molecule has 0 unspecified atom stereocenters. The summed E-state index contributed by atoms with van der Waals surface area (Å²) in [6.45, 7) is 3.46. The smallest absolute Gasteiger partial charge is 0.317 e. The highest BCUT2D eigenvalue weighted by Crippen LogP contribution is 2.21. The Morgan fingerprint density at radius 2 is 2.12 bits per heavy atom. The molecule has 3 amide bonds. The van der Waals surface area contributed by atoms with Crippen LogP contribution < -0.4 is 5.32 Å². The zero-order valence-electron chi connectivity index (χ0n) is 13.8. The first-order valence-corrected chi connectivity index (χ1v) is 8.57. The third-order valence-electron chi connectivity index (χ3n) is 5.04. The van der Waals surface area contributed by atoms with E-state index in [0.29, 0.717) is 31.1 Å². The molecule has 0 atom stereocenters. The number of rotatable bonds is 3. The summed E-state index contributed by atoms with van der Waals surface area (Å²) in [7, 11) is 0. The molecule has 0 aliphatic carbocycles. The molecule has 2 aromatic rings.